The molecule has 0 rings (SSSR count). The first kappa shape index (κ1) is 25.2. The molecule has 0 unspecified atom stereocenters. The first-order valence-electron chi connectivity index (χ1n) is 4.52. The van der Waals surface area contributed by atoms with Gasteiger partial charge >= 0.3 is 5.78 Å². The number of hydrogen-bond donors (Lipinski definition) is 1. The van der Waals surface area contributed by atoms with Crippen LogP contribution < -0.4 is 0 Å². The molecule has 2 nitrogen and oxygen atoms in total. The number of carbonyl (C=O) groups excluding carboxylic acids is 1. The van der Waals surface area contributed by atoms with Gasteiger partial charge in [-0.15, -0.1) is 0 Å². The summed E-state index contributed by atoms with van der Waals surface area (Å²) in [6.45, 7) is 11.4. The zero-order valence-electron chi connectivity index (χ0n) is 12.0. The summed E-state index contributed by atoms with van der Waals surface area (Å²) in [6, 6.07) is 0. The summed E-state index contributed by atoms with van der Waals surface area (Å²) < 4.78 is 0. The fourth-order valence-corrected chi connectivity index (χ4v) is 0.563. The van der Waals surface area contributed by atoms with Crippen molar-refractivity contribution < 1.29 is 42.6 Å². The SMILES string of the molecule is CC(C)(C)C(=[OH+])C=C(O)C(C)(C)C.[CH3-].[CH3-].[Y]. The van der Waals surface area contributed by atoms with Gasteiger partial charge in [-0.2, -0.15) is 0 Å². The van der Waals surface area contributed by atoms with Gasteiger partial charge in [-0.05, 0) is 20.8 Å². The monoisotopic (exact) mass is 304 g/mol. The normalized spacial score (nSPS) is 11.8. The maximum atomic E-state index is 9.60. The average Bonchev–Trinajstić information content (AvgIpc) is 1.82. The third-order valence-corrected chi connectivity index (χ3v) is 1.81. The van der Waals surface area contributed by atoms with Crippen molar-refractivity contribution in [3.05, 3.63) is 26.7 Å². The largest absolute Gasteiger partial charge is 0.511 e. The predicted octanol–water partition coefficient (Wildman–Crippen LogP) is 3.96. The minimum Gasteiger partial charge on any atom is -0.511 e. The Bertz CT molecular complexity index is 229. The minimum atomic E-state index is -0.306. The summed E-state index contributed by atoms with van der Waals surface area (Å²) in [5.74, 6) is 0.417. The fraction of sp³-hybridized carbons (Fsp3) is 0.615. The molecule has 0 saturated carbocycles. The van der Waals surface area contributed by atoms with Gasteiger partial charge in [-0.25, -0.2) is 0 Å². The second-order valence-electron chi connectivity index (χ2n) is 5.41. The van der Waals surface area contributed by atoms with Crippen molar-refractivity contribution in [2.24, 2.45) is 10.8 Å². The third kappa shape index (κ3) is 9.53. The first-order valence-corrected chi connectivity index (χ1v) is 4.52. The van der Waals surface area contributed by atoms with Gasteiger partial charge in [-0.1, -0.05) is 20.8 Å². The molecule has 0 aromatic heterocycles. The molecule has 16 heavy (non-hydrogen) atoms. The Hall–Kier alpha value is 0.314. The standard InChI is InChI=1S/C11H20O2.2CH3.Y/c1-10(2,3)8(12)7-9(13)11(4,5)6;;;/h7,12H,1-6H3;2*1H3;/q;2*-1;/p+1. The molecule has 1 radical (unpaired) electrons. The van der Waals surface area contributed by atoms with E-state index < -0.39 is 0 Å². The van der Waals surface area contributed by atoms with Gasteiger partial charge in [0.2, 0.25) is 0 Å². The maximum absolute atomic E-state index is 9.60. The molecule has 0 spiro atoms. The van der Waals surface area contributed by atoms with Gasteiger partial charge in [0.15, 0.2) is 0 Å². The number of hydrogen-bond acceptors (Lipinski definition) is 1. The number of allylic oxidation sites excluding steroid dienone is 2. The van der Waals surface area contributed by atoms with Crippen molar-refractivity contribution in [2.75, 3.05) is 0 Å². The number of aliphatic hydroxyl groups is 1. The van der Waals surface area contributed by atoms with E-state index in [1.807, 2.05) is 41.5 Å². The van der Waals surface area contributed by atoms with E-state index in [-0.39, 0.29) is 69.9 Å². The second-order valence-corrected chi connectivity index (χ2v) is 5.41. The van der Waals surface area contributed by atoms with E-state index in [9.17, 15) is 9.90 Å². The Balaban J connectivity index is -0.000000240. The Kier molecular flexibility index (Phi) is 13.3. The molecule has 0 saturated heterocycles. The van der Waals surface area contributed by atoms with E-state index in [0.29, 0.717) is 0 Å². The fourth-order valence-electron chi connectivity index (χ4n) is 0.563. The summed E-state index contributed by atoms with van der Waals surface area (Å²) in [7, 11) is 0. The quantitative estimate of drug-likeness (QED) is 0.339. The summed E-state index contributed by atoms with van der Waals surface area (Å²) in [5.41, 5.74) is -0.613. The minimum absolute atomic E-state index is 0. The van der Waals surface area contributed by atoms with E-state index in [2.05, 4.69) is 0 Å². The van der Waals surface area contributed by atoms with Crippen LogP contribution in [0.25, 0.3) is 0 Å². The summed E-state index contributed by atoms with van der Waals surface area (Å²) in [5, 5.41) is 9.60. The van der Waals surface area contributed by atoms with Crippen molar-refractivity contribution in [1.29, 1.82) is 0 Å². The summed E-state index contributed by atoms with van der Waals surface area (Å²) in [6.07, 6.45) is 1.44. The molecule has 3 heteroatoms. The molecule has 0 bridgehead atoms. The number of ketones is 1. The molecular weight excluding hydrogens is 277 g/mol. The van der Waals surface area contributed by atoms with E-state index >= 15 is 0 Å². The van der Waals surface area contributed by atoms with Crippen LogP contribution in [-0.2, 0) is 32.7 Å². The van der Waals surface area contributed by atoms with E-state index in [1.54, 1.807) is 0 Å². The molecule has 0 aliphatic rings. The van der Waals surface area contributed by atoms with Gasteiger partial charge in [0, 0.05) is 38.1 Å². The van der Waals surface area contributed by atoms with Crippen LogP contribution in [0.1, 0.15) is 41.5 Å². The van der Waals surface area contributed by atoms with E-state index in [0.717, 1.165) is 0 Å². The van der Waals surface area contributed by atoms with Crippen molar-refractivity contribution >= 4 is 5.78 Å². The van der Waals surface area contributed by atoms with Crippen molar-refractivity contribution in [2.45, 2.75) is 41.5 Å². The number of rotatable bonds is 1. The molecule has 0 aliphatic carbocycles. The van der Waals surface area contributed by atoms with Crippen LogP contribution in [0, 0.1) is 25.7 Å². The van der Waals surface area contributed by atoms with Crippen LogP contribution in [0.15, 0.2) is 11.8 Å². The van der Waals surface area contributed by atoms with Crippen LogP contribution in [0.5, 0.6) is 0 Å². The zero-order chi connectivity index (χ0) is 10.9. The van der Waals surface area contributed by atoms with Gasteiger partial charge < -0.3 is 20.0 Å². The molecule has 0 fully saturated rings. The molecule has 0 aliphatic heterocycles. The predicted molar refractivity (Wildman–Crippen MR) is 69.4 cm³/mol. The van der Waals surface area contributed by atoms with Crippen LogP contribution >= 0.6 is 0 Å². The first-order chi connectivity index (χ1) is 5.55. The van der Waals surface area contributed by atoms with Gasteiger partial charge in [0.05, 0.1) is 11.5 Å². The maximum Gasteiger partial charge on any atom is 0.325 e. The molecule has 0 atom stereocenters. The zero-order valence-corrected chi connectivity index (χ0v) is 14.9. The van der Waals surface area contributed by atoms with Gasteiger partial charge in [0.25, 0.3) is 0 Å². The molecular formula is C13H27O2Y-. The molecule has 0 aromatic carbocycles. The van der Waals surface area contributed by atoms with Gasteiger partial charge in [-0.3, -0.25) is 4.79 Å². The summed E-state index contributed by atoms with van der Waals surface area (Å²) >= 11 is 0. The van der Waals surface area contributed by atoms with Gasteiger partial charge in [0.1, 0.15) is 5.76 Å². The van der Waals surface area contributed by atoms with Crippen LogP contribution in [0.4, 0.5) is 0 Å². The molecule has 0 amide bonds. The van der Waals surface area contributed by atoms with Crippen LogP contribution in [0.2, 0.25) is 0 Å². The Morgan fingerprint density at radius 3 is 1.44 bits per heavy atom. The Morgan fingerprint density at radius 1 is 0.938 bits per heavy atom. The number of aliphatic hydroxyl groups excluding tert-OH is 1. The molecule has 0 aromatic rings. The van der Waals surface area contributed by atoms with Crippen LogP contribution in [0.3, 0.4) is 0 Å². The topological polar surface area (TPSA) is 41.6 Å². The van der Waals surface area contributed by atoms with Crippen molar-refractivity contribution in [1.82, 2.24) is 0 Å². The second kappa shape index (κ2) is 8.41. The van der Waals surface area contributed by atoms with Crippen LogP contribution in [-0.4, -0.2) is 15.7 Å². The van der Waals surface area contributed by atoms with E-state index in [4.69, 9.17) is 0 Å². The van der Waals surface area contributed by atoms with E-state index in [1.165, 1.54) is 6.08 Å². The summed E-state index contributed by atoms with van der Waals surface area (Å²) in [4.78, 5) is 9.60. The third-order valence-electron chi connectivity index (χ3n) is 1.81. The molecule has 0 heterocycles. The van der Waals surface area contributed by atoms with Crippen molar-refractivity contribution in [3.63, 3.8) is 0 Å². The smallest absolute Gasteiger partial charge is 0.325 e. The Morgan fingerprint density at radius 2 is 1.25 bits per heavy atom. The molecule has 95 valence electrons. The molecule has 2 N–H and O–H groups in total. The van der Waals surface area contributed by atoms with Crippen molar-refractivity contribution in [3.8, 4) is 0 Å². The average molecular weight is 304 g/mol. The Labute approximate surface area is 127 Å².